The number of rotatable bonds is 5. The van der Waals surface area contributed by atoms with Gasteiger partial charge in [0, 0.05) is 11.6 Å². The topological polar surface area (TPSA) is 41.6 Å². The molecule has 25 heavy (non-hydrogen) atoms. The number of hydrogen-bond donors (Lipinski definition) is 1. The summed E-state index contributed by atoms with van der Waals surface area (Å²) in [6.45, 7) is 1.52. The minimum absolute atomic E-state index is 0.287. The van der Waals surface area contributed by atoms with Gasteiger partial charge in [-0.3, -0.25) is 5.32 Å². The first-order chi connectivity index (χ1) is 12.1. The van der Waals surface area contributed by atoms with E-state index in [2.05, 4.69) is 17.3 Å². The second kappa shape index (κ2) is 8.12. The molecule has 2 aromatic carbocycles. The Bertz CT molecular complexity index is 718. The third-order valence-corrected chi connectivity index (χ3v) is 4.67. The maximum absolute atomic E-state index is 13.1. The lowest BCUT2D eigenvalue weighted by molar-refractivity contribution is 0.147. The van der Waals surface area contributed by atoms with Crippen molar-refractivity contribution in [3.63, 3.8) is 0 Å². The van der Waals surface area contributed by atoms with Crippen LogP contribution in [0.15, 0.2) is 48.5 Å². The highest BCUT2D eigenvalue weighted by molar-refractivity contribution is 5.91. The number of halogens is 1. The van der Waals surface area contributed by atoms with Crippen molar-refractivity contribution in [1.29, 1.82) is 0 Å². The third kappa shape index (κ3) is 4.57. The van der Waals surface area contributed by atoms with Crippen molar-refractivity contribution in [2.75, 3.05) is 25.5 Å². The summed E-state index contributed by atoms with van der Waals surface area (Å²) in [5.41, 5.74) is 2.32. The number of para-hydroxylation sites is 1. The molecule has 0 saturated carbocycles. The Labute approximate surface area is 147 Å². The van der Waals surface area contributed by atoms with Crippen LogP contribution in [0.4, 0.5) is 14.9 Å². The number of nitrogens with zero attached hydrogens (tertiary/aromatic N) is 1. The molecule has 3 rings (SSSR count). The number of nitrogens with one attached hydrogen (secondary N) is 1. The minimum atomic E-state index is -0.463. The molecular weight excluding hydrogens is 319 g/mol. The minimum Gasteiger partial charge on any atom is -0.449 e. The quantitative estimate of drug-likeness (QED) is 0.868. The Kier molecular flexibility index (Phi) is 5.66. The van der Waals surface area contributed by atoms with Gasteiger partial charge in [-0.05, 0) is 56.6 Å². The summed E-state index contributed by atoms with van der Waals surface area (Å²) in [5.74, 6) is -0.287. The molecule has 0 aromatic heterocycles. The predicted octanol–water partition coefficient (Wildman–Crippen LogP) is 4.53. The van der Waals surface area contributed by atoms with E-state index in [9.17, 15) is 9.18 Å². The zero-order valence-corrected chi connectivity index (χ0v) is 14.4. The zero-order chi connectivity index (χ0) is 17.6. The molecule has 0 spiro atoms. The summed E-state index contributed by atoms with van der Waals surface area (Å²) in [5, 5.41) is 2.79. The number of carbonyl (C=O) groups excluding carboxylic acids is 1. The average molecular weight is 342 g/mol. The Morgan fingerprint density at radius 3 is 2.72 bits per heavy atom. The van der Waals surface area contributed by atoms with Crippen LogP contribution < -0.4 is 5.32 Å². The summed E-state index contributed by atoms with van der Waals surface area (Å²) in [6, 6.07) is 14.1. The van der Waals surface area contributed by atoms with Gasteiger partial charge in [-0.25, -0.2) is 9.18 Å². The molecule has 1 N–H and O–H groups in total. The van der Waals surface area contributed by atoms with E-state index in [1.165, 1.54) is 18.6 Å². The highest BCUT2D eigenvalue weighted by Crippen LogP contribution is 2.28. The van der Waals surface area contributed by atoms with Crippen LogP contribution in [0.5, 0.6) is 0 Å². The van der Waals surface area contributed by atoms with Crippen LogP contribution in [0.25, 0.3) is 11.1 Å². The van der Waals surface area contributed by atoms with Crippen molar-refractivity contribution < 1.29 is 13.9 Å². The lowest BCUT2D eigenvalue weighted by atomic mass is 10.0. The van der Waals surface area contributed by atoms with Crippen molar-refractivity contribution in [3.05, 3.63) is 54.3 Å². The van der Waals surface area contributed by atoms with Crippen molar-refractivity contribution >= 4 is 11.8 Å². The summed E-state index contributed by atoms with van der Waals surface area (Å²) in [6.07, 6.45) is 2.76. The van der Waals surface area contributed by atoms with E-state index < -0.39 is 6.09 Å². The summed E-state index contributed by atoms with van der Waals surface area (Å²) in [4.78, 5) is 14.4. The number of hydrogen-bond acceptors (Lipinski definition) is 3. The van der Waals surface area contributed by atoms with Gasteiger partial charge >= 0.3 is 6.09 Å². The lowest BCUT2D eigenvalue weighted by Gasteiger charge is -2.19. The van der Waals surface area contributed by atoms with E-state index in [1.807, 2.05) is 24.3 Å². The Morgan fingerprint density at radius 2 is 2.00 bits per heavy atom. The van der Waals surface area contributed by atoms with Crippen LogP contribution in [0, 0.1) is 5.82 Å². The van der Waals surface area contributed by atoms with E-state index in [0.29, 0.717) is 18.3 Å². The molecule has 1 aliphatic heterocycles. The van der Waals surface area contributed by atoms with E-state index >= 15 is 0 Å². The van der Waals surface area contributed by atoms with Crippen molar-refractivity contribution in [3.8, 4) is 11.1 Å². The fourth-order valence-electron chi connectivity index (χ4n) is 3.25. The SMILES string of the molecule is CN1CCCC1CCOC(=O)Nc1ccccc1-c1ccc(F)cc1. The number of anilines is 1. The number of ether oxygens (including phenoxy) is 1. The second-order valence-corrected chi connectivity index (χ2v) is 6.38. The first kappa shape index (κ1) is 17.4. The number of benzene rings is 2. The van der Waals surface area contributed by atoms with Gasteiger partial charge < -0.3 is 9.64 Å². The molecule has 0 radical (unpaired) electrons. The molecule has 1 heterocycles. The van der Waals surface area contributed by atoms with Crippen LogP contribution in [0.1, 0.15) is 19.3 Å². The molecule has 4 nitrogen and oxygen atoms in total. The van der Waals surface area contributed by atoms with E-state index in [-0.39, 0.29) is 5.82 Å². The zero-order valence-electron chi connectivity index (χ0n) is 14.4. The molecule has 1 amide bonds. The third-order valence-electron chi connectivity index (χ3n) is 4.67. The average Bonchev–Trinajstić information content (AvgIpc) is 3.01. The van der Waals surface area contributed by atoms with E-state index in [4.69, 9.17) is 4.74 Å². The van der Waals surface area contributed by atoms with E-state index in [1.54, 1.807) is 12.1 Å². The Hall–Kier alpha value is -2.40. The molecule has 1 saturated heterocycles. The van der Waals surface area contributed by atoms with Crippen LogP contribution in [0.3, 0.4) is 0 Å². The van der Waals surface area contributed by atoms with Crippen LogP contribution in [0.2, 0.25) is 0 Å². The van der Waals surface area contributed by atoms with Gasteiger partial charge in [0.05, 0.1) is 12.3 Å². The van der Waals surface area contributed by atoms with Gasteiger partial charge in [-0.15, -0.1) is 0 Å². The van der Waals surface area contributed by atoms with Crippen molar-refractivity contribution in [2.24, 2.45) is 0 Å². The number of carbonyl (C=O) groups is 1. The molecule has 0 aliphatic carbocycles. The molecule has 1 atom stereocenters. The standard InChI is InChI=1S/C20H23FN2O2/c1-23-13-4-5-17(23)12-14-25-20(24)22-19-7-3-2-6-18(19)15-8-10-16(21)11-9-15/h2-3,6-11,17H,4-5,12-14H2,1H3,(H,22,24). The largest absolute Gasteiger partial charge is 0.449 e. The van der Waals surface area contributed by atoms with Crippen LogP contribution >= 0.6 is 0 Å². The van der Waals surface area contributed by atoms with Gasteiger partial charge in [0.25, 0.3) is 0 Å². The van der Waals surface area contributed by atoms with Gasteiger partial charge in [0.15, 0.2) is 0 Å². The first-order valence-corrected chi connectivity index (χ1v) is 8.62. The number of likely N-dealkylation sites (tertiary alicyclic amines) is 1. The number of amides is 1. The molecule has 5 heteroatoms. The molecule has 132 valence electrons. The normalized spacial score (nSPS) is 17.4. The van der Waals surface area contributed by atoms with Crippen molar-refractivity contribution in [1.82, 2.24) is 4.90 Å². The van der Waals surface area contributed by atoms with Gasteiger partial charge in [0.2, 0.25) is 0 Å². The van der Waals surface area contributed by atoms with Gasteiger partial charge in [0.1, 0.15) is 5.82 Å². The molecular formula is C20H23FN2O2. The van der Waals surface area contributed by atoms with Crippen molar-refractivity contribution in [2.45, 2.75) is 25.3 Å². The lowest BCUT2D eigenvalue weighted by Crippen LogP contribution is -2.27. The maximum Gasteiger partial charge on any atom is 0.411 e. The monoisotopic (exact) mass is 342 g/mol. The first-order valence-electron chi connectivity index (χ1n) is 8.62. The molecule has 2 aromatic rings. The smallest absolute Gasteiger partial charge is 0.411 e. The van der Waals surface area contributed by atoms with Crippen LogP contribution in [-0.4, -0.2) is 37.2 Å². The maximum atomic E-state index is 13.1. The van der Waals surface area contributed by atoms with Crippen LogP contribution in [-0.2, 0) is 4.74 Å². The fraction of sp³-hybridized carbons (Fsp3) is 0.350. The summed E-state index contributed by atoms with van der Waals surface area (Å²) >= 11 is 0. The molecule has 0 bridgehead atoms. The summed E-state index contributed by atoms with van der Waals surface area (Å²) in [7, 11) is 2.11. The molecule has 1 fully saturated rings. The fourth-order valence-corrected chi connectivity index (χ4v) is 3.25. The molecule has 1 aliphatic rings. The van der Waals surface area contributed by atoms with Gasteiger partial charge in [-0.1, -0.05) is 30.3 Å². The van der Waals surface area contributed by atoms with E-state index in [0.717, 1.165) is 30.5 Å². The Balaban J connectivity index is 1.59. The molecule has 1 unspecified atom stereocenters. The van der Waals surface area contributed by atoms with Gasteiger partial charge in [-0.2, -0.15) is 0 Å². The summed E-state index contributed by atoms with van der Waals surface area (Å²) < 4.78 is 18.4. The highest BCUT2D eigenvalue weighted by Gasteiger charge is 2.20. The second-order valence-electron chi connectivity index (χ2n) is 6.38. The Morgan fingerprint density at radius 1 is 1.24 bits per heavy atom. The highest BCUT2D eigenvalue weighted by atomic mass is 19.1. The predicted molar refractivity (Wildman–Crippen MR) is 97.1 cm³/mol.